The molecule has 0 saturated heterocycles. The lowest BCUT2D eigenvalue weighted by atomic mass is 10.0. The molecule has 0 aliphatic heterocycles. The molecule has 3 aromatic carbocycles. The average Bonchev–Trinajstić information content (AvgIpc) is 2.86. The fourth-order valence-electron chi connectivity index (χ4n) is 3.12. The van der Waals surface area contributed by atoms with Gasteiger partial charge in [-0.25, -0.2) is 5.43 Å². The largest absolute Gasteiger partial charge is 0.483 e. The normalized spacial score (nSPS) is 10.8. The lowest BCUT2D eigenvalue weighted by Gasteiger charge is -2.10. The standard InChI is InChI=1S/C27H27ClN4O4/c1-18(2)20-12-10-19(11-13-20)15-29-26(34)27(35)32-30-16-21-6-3-4-9-24(21)36-17-25(33)31-23-8-5-7-22(28)14-23/h3-14,16,18H,15,17H2,1-2H3,(H,29,34)(H,31,33)(H,32,35)/b30-16-. The summed E-state index contributed by atoms with van der Waals surface area (Å²) in [7, 11) is 0. The summed E-state index contributed by atoms with van der Waals surface area (Å²) in [5.41, 5.74) is 5.34. The summed E-state index contributed by atoms with van der Waals surface area (Å²) in [6.45, 7) is 4.18. The van der Waals surface area contributed by atoms with Gasteiger partial charge in [0.2, 0.25) is 0 Å². The molecular formula is C27H27ClN4O4. The maximum absolute atomic E-state index is 12.2. The van der Waals surface area contributed by atoms with E-state index in [1.54, 1.807) is 48.5 Å². The number of carbonyl (C=O) groups excluding carboxylic acids is 3. The molecule has 0 fully saturated rings. The quantitative estimate of drug-likeness (QED) is 0.229. The van der Waals surface area contributed by atoms with Crippen LogP contribution in [0.25, 0.3) is 0 Å². The molecule has 0 spiro atoms. The summed E-state index contributed by atoms with van der Waals surface area (Å²) in [5, 5.41) is 9.59. The number of ether oxygens (including phenoxy) is 1. The van der Waals surface area contributed by atoms with Crippen molar-refractivity contribution in [1.29, 1.82) is 0 Å². The molecule has 0 heterocycles. The molecular weight excluding hydrogens is 480 g/mol. The predicted molar refractivity (Wildman–Crippen MR) is 140 cm³/mol. The van der Waals surface area contributed by atoms with E-state index in [9.17, 15) is 14.4 Å². The number of nitrogens with one attached hydrogen (secondary N) is 3. The van der Waals surface area contributed by atoms with E-state index in [-0.39, 0.29) is 19.1 Å². The average molecular weight is 507 g/mol. The second-order valence-electron chi connectivity index (χ2n) is 8.16. The summed E-state index contributed by atoms with van der Waals surface area (Å²) in [6.07, 6.45) is 1.33. The maximum atomic E-state index is 12.2. The van der Waals surface area contributed by atoms with Gasteiger partial charge in [-0.05, 0) is 47.4 Å². The highest BCUT2D eigenvalue weighted by Gasteiger charge is 2.12. The molecule has 0 aliphatic carbocycles. The predicted octanol–water partition coefficient (Wildman–Crippen LogP) is 4.25. The Morgan fingerprint density at radius 2 is 1.72 bits per heavy atom. The Balaban J connectivity index is 1.48. The summed E-state index contributed by atoms with van der Waals surface area (Å²) in [6, 6.07) is 21.4. The van der Waals surface area contributed by atoms with E-state index in [1.165, 1.54) is 11.8 Å². The van der Waals surface area contributed by atoms with Crippen molar-refractivity contribution in [3.8, 4) is 5.75 Å². The fourth-order valence-corrected chi connectivity index (χ4v) is 3.31. The number of anilines is 1. The van der Waals surface area contributed by atoms with E-state index in [4.69, 9.17) is 16.3 Å². The zero-order valence-electron chi connectivity index (χ0n) is 20.0. The Hall–Kier alpha value is -4.17. The zero-order chi connectivity index (χ0) is 25.9. The first-order valence-electron chi connectivity index (χ1n) is 11.3. The van der Waals surface area contributed by atoms with Crippen LogP contribution < -0.4 is 20.8 Å². The van der Waals surface area contributed by atoms with Crippen LogP contribution in [0.3, 0.4) is 0 Å². The van der Waals surface area contributed by atoms with Gasteiger partial charge in [-0.3, -0.25) is 14.4 Å². The molecule has 0 saturated carbocycles. The second-order valence-corrected chi connectivity index (χ2v) is 8.60. The van der Waals surface area contributed by atoms with Crippen molar-refractivity contribution in [2.75, 3.05) is 11.9 Å². The van der Waals surface area contributed by atoms with Crippen LogP contribution in [0.4, 0.5) is 5.69 Å². The second kappa shape index (κ2) is 13.1. The third-order valence-electron chi connectivity index (χ3n) is 5.06. The van der Waals surface area contributed by atoms with Crippen LogP contribution in [0.5, 0.6) is 5.75 Å². The molecule has 8 nitrogen and oxygen atoms in total. The first-order chi connectivity index (χ1) is 17.3. The molecule has 0 radical (unpaired) electrons. The molecule has 0 unspecified atom stereocenters. The van der Waals surface area contributed by atoms with E-state index >= 15 is 0 Å². The van der Waals surface area contributed by atoms with E-state index in [0.717, 1.165) is 5.56 Å². The molecule has 0 aliphatic rings. The van der Waals surface area contributed by atoms with Gasteiger partial charge in [-0.15, -0.1) is 0 Å². The first-order valence-corrected chi connectivity index (χ1v) is 11.7. The van der Waals surface area contributed by atoms with E-state index in [2.05, 4.69) is 35.0 Å². The van der Waals surface area contributed by atoms with Crippen LogP contribution in [0.1, 0.15) is 36.5 Å². The molecule has 36 heavy (non-hydrogen) atoms. The number of hydrazone groups is 1. The number of para-hydroxylation sites is 1. The highest BCUT2D eigenvalue weighted by molar-refractivity contribution is 6.35. The number of amides is 3. The number of nitrogens with zero attached hydrogens (tertiary/aromatic N) is 1. The molecule has 3 N–H and O–H groups in total. The number of rotatable bonds is 9. The Labute approximate surface area is 214 Å². The van der Waals surface area contributed by atoms with Crippen molar-refractivity contribution in [1.82, 2.24) is 10.7 Å². The molecule has 3 rings (SSSR count). The minimum atomic E-state index is -0.899. The molecule has 3 amide bonds. The number of carbonyl (C=O) groups is 3. The summed E-state index contributed by atoms with van der Waals surface area (Å²) >= 11 is 5.92. The number of hydrogen-bond donors (Lipinski definition) is 3. The minimum Gasteiger partial charge on any atom is -0.483 e. The molecule has 0 atom stereocenters. The van der Waals surface area contributed by atoms with Gasteiger partial charge in [-0.1, -0.05) is 67.9 Å². The van der Waals surface area contributed by atoms with Crippen LogP contribution in [-0.4, -0.2) is 30.5 Å². The van der Waals surface area contributed by atoms with Crippen LogP contribution in [0, 0.1) is 0 Å². The van der Waals surface area contributed by atoms with Gasteiger partial charge in [0.15, 0.2) is 6.61 Å². The smallest absolute Gasteiger partial charge is 0.329 e. The van der Waals surface area contributed by atoms with Gasteiger partial charge in [-0.2, -0.15) is 5.10 Å². The number of benzene rings is 3. The summed E-state index contributed by atoms with van der Waals surface area (Å²) < 4.78 is 5.59. The third kappa shape index (κ3) is 8.25. The van der Waals surface area contributed by atoms with Gasteiger partial charge in [0, 0.05) is 22.8 Å². The lowest BCUT2D eigenvalue weighted by Crippen LogP contribution is -2.37. The van der Waals surface area contributed by atoms with Crippen molar-refractivity contribution in [2.24, 2.45) is 5.10 Å². The topological polar surface area (TPSA) is 109 Å². The van der Waals surface area contributed by atoms with E-state index < -0.39 is 11.8 Å². The van der Waals surface area contributed by atoms with Crippen molar-refractivity contribution in [3.05, 3.63) is 94.5 Å². The number of hydrogen-bond acceptors (Lipinski definition) is 5. The van der Waals surface area contributed by atoms with Gasteiger partial charge in [0.1, 0.15) is 5.75 Å². The van der Waals surface area contributed by atoms with Crippen molar-refractivity contribution in [3.63, 3.8) is 0 Å². The van der Waals surface area contributed by atoms with E-state index in [1.807, 2.05) is 24.3 Å². The monoisotopic (exact) mass is 506 g/mol. The van der Waals surface area contributed by atoms with Crippen LogP contribution in [0.2, 0.25) is 5.02 Å². The summed E-state index contributed by atoms with van der Waals surface area (Å²) in [4.78, 5) is 36.3. The Kier molecular flexibility index (Phi) is 9.59. The highest BCUT2D eigenvalue weighted by atomic mass is 35.5. The minimum absolute atomic E-state index is 0.224. The molecule has 186 valence electrons. The zero-order valence-corrected chi connectivity index (χ0v) is 20.7. The highest BCUT2D eigenvalue weighted by Crippen LogP contribution is 2.17. The SMILES string of the molecule is CC(C)c1ccc(CNC(=O)C(=O)N/N=C\c2ccccc2OCC(=O)Nc2cccc(Cl)c2)cc1. The van der Waals surface area contributed by atoms with Crippen molar-refractivity contribution < 1.29 is 19.1 Å². The van der Waals surface area contributed by atoms with Gasteiger partial charge in [0.05, 0.1) is 6.21 Å². The Morgan fingerprint density at radius 1 is 0.972 bits per heavy atom. The lowest BCUT2D eigenvalue weighted by molar-refractivity contribution is -0.139. The molecule has 9 heteroatoms. The van der Waals surface area contributed by atoms with Crippen LogP contribution in [-0.2, 0) is 20.9 Å². The first kappa shape index (κ1) is 26.4. The van der Waals surface area contributed by atoms with Crippen molar-refractivity contribution in [2.45, 2.75) is 26.3 Å². The molecule has 0 aromatic heterocycles. The Morgan fingerprint density at radius 3 is 2.44 bits per heavy atom. The fraction of sp³-hybridized carbons (Fsp3) is 0.185. The maximum Gasteiger partial charge on any atom is 0.329 e. The van der Waals surface area contributed by atoms with Gasteiger partial charge < -0.3 is 15.4 Å². The van der Waals surface area contributed by atoms with Gasteiger partial charge in [0.25, 0.3) is 5.91 Å². The molecule has 3 aromatic rings. The van der Waals surface area contributed by atoms with Crippen LogP contribution >= 0.6 is 11.6 Å². The third-order valence-corrected chi connectivity index (χ3v) is 5.30. The van der Waals surface area contributed by atoms with E-state index in [0.29, 0.717) is 27.9 Å². The Bertz CT molecular complexity index is 1240. The summed E-state index contributed by atoms with van der Waals surface area (Å²) in [5.74, 6) is -1.27. The molecule has 0 bridgehead atoms. The van der Waals surface area contributed by atoms with Crippen LogP contribution in [0.15, 0.2) is 77.9 Å². The number of halogens is 1. The van der Waals surface area contributed by atoms with Gasteiger partial charge >= 0.3 is 11.8 Å². The van der Waals surface area contributed by atoms with Crippen molar-refractivity contribution >= 4 is 41.2 Å².